The molecular formula is C17H29NO. The fourth-order valence-corrected chi connectivity index (χ4v) is 3.09. The van der Waals surface area contributed by atoms with Gasteiger partial charge in [-0.15, -0.1) is 0 Å². The Kier molecular flexibility index (Phi) is 5.96. The highest BCUT2D eigenvalue weighted by Gasteiger charge is 2.18. The third-order valence-corrected chi connectivity index (χ3v) is 4.30. The van der Waals surface area contributed by atoms with Crippen LogP contribution in [-0.4, -0.2) is 9.67 Å². The number of aromatic nitrogens is 1. The van der Waals surface area contributed by atoms with Crippen molar-refractivity contribution in [2.45, 2.75) is 83.8 Å². The fourth-order valence-electron chi connectivity index (χ4n) is 3.09. The summed E-state index contributed by atoms with van der Waals surface area (Å²) in [6, 6.07) is 0. The quantitative estimate of drug-likeness (QED) is 0.564. The standard InChI is InChI=1S/C17H29NO/c1-2-3-4-5-6-9-12-18-13-15-10-7-8-11-17(19)16(15)14-18/h13-14,17,19H,2-12H2,1H3. The molecule has 0 aliphatic heterocycles. The number of rotatable bonds is 7. The highest BCUT2D eigenvalue weighted by Crippen LogP contribution is 2.29. The predicted octanol–water partition coefficient (Wildman–Crippen LogP) is 4.61. The average Bonchev–Trinajstić information content (AvgIpc) is 2.74. The first kappa shape index (κ1) is 14.6. The number of aliphatic hydroxyl groups excluding tert-OH is 1. The maximum atomic E-state index is 10.1. The molecule has 0 saturated heterocycles. The van der Waals surface area contributed by atoms with Gasteiger partial charge in [0.2, 0.25) is 0 Å². The molecule has 1 unspecified atom stereocenters. The van der Waals surface area contributed by atoms with Gasteiger partial charge in [0.1, 0.15) is 0 Å². The van der Waals surface area contributed by atoms with E-state index in [9.17, 15) is 5.11 Å². The van der Waals surface area contributed by atoms with Gasteiger partial charge in [0, 0.05) is 24.5 Å². The minimum Gasteiger partial charge on any atom is -0.388 e. The Labute approximate surface area is 117 Å². The number of hydrogen-bond acceptors (Lipinski definition) is 1. The molecule has 1 aliphatic rings. The summed E-state index contributed by atoms with van der Waals surface area (Å²) in [5.41, 5.74) is 2.58. The second-order valence-corrected chi connectivity index (χ2v) is 6.01. The van der Waals surface area contributed by atoms with E-state index in [1.165, 1.54) is 56.1 Å². The van der Waals surface area contributed by atoms with E-state index in [0.29, 0.717) is 0 Å². The summed E-state index contributed by atoms with van der Waals surface area (Å²) in [5.74, 6) is 0. The van der Waals surface area contributed by atoms with Gasteiger partial charge in [-0.1, -0.05) is 45.4 Å². The second kappa shape index (κ2) is 7.74. The molecule has 0 spiro atoms. The number of aliphatic hydroxyl groups is 1. The molecule has 108 valence electrons. The van der Waals surface area contributed by atoms with Crippen molar-refractivity contribution in [2.75, 3.05) is 0 Å². The molecule has 1 aromatic heterocycles. The largest absolute Gasteiger partial charge is 0.388 e. The van der Waals surface area contributed by atoms with E-state index in [2.05, 4.69) is 23.9 Å². The van der Waals surface area contributed by atoms with Gasteiger partial charge in [-0.05, 0) is 31.2 Å². The molecule has 1 heterocycles. The highest BCUT2D eigenvalue weighted by atomic mass is 16.3. The number of aryl methyl sites for hydroxylation is 2. The monoisotopic (exact) mass is 263 g/mol. The molecule has 1 aliphatic carbocycles. The summed E-state index contributed by atoms with van der Waals surface area (Å²) in [6.45, 7) is 3.38. The molecule has 0 fully saturated rings. The zero-order valence-corrected chi connectivity index (χ0v) is 12.4. The molecule has 0 bridgehead atoms. The SMILES string of the molecule is CCCCCCCCn1cc2c(c1)C(O)CCCC2. The van der Waals surface area contributed by atoms with Crippen LogP contribution in [0.4, 0.5) is 0 Å². The number of fused-ring (bicyclic) bond motifs is 1. The smallest absolute Gasteiger partial charge is 0.0807 e. The Morgan fingerprint density at radius 1 is 1.11 bits per heavy atom. The van der Waals surface area contributed by atoms with E-state index in [1.54, 1.807) is 0 Å². The Bertz CT molecular complexity index is 369. The van der Waals surface area contributed by atoms with Crippen LogP contribution in [0.25, 0.3) is 0 Å². The molecule has 1 atom stereocenters. The maximum absolute atomic E-state index is 10.1. The first-order chi connectivity index (χ1) is 9.31. The zero-order chi connectivity index (χ0) is 13.5. The molecular weight excluding hydrogens is 234 g/mol. The Morgan fingerprint density at radius 2 is 1.89 bits per heavy atom. The van der Waals surface area contributed by atoms with Gasteiger partial charge in [0.15, 0.2) is 0 Å². The van der Waals surface area contributed by atoms with E-state index in [-0.39, 0.29) is 6.10 Å². The van der Waals surface area contributed by atoms with Gasteiger partial charge < -0.3 is 9.67 Å². The molecule has 2 rings (SSSR count). The molecule has 1 aromatic rings. The van der Waals surface area contributed by atoms with Crippen molar-refractivity contribution in [3.05, 3.63) is 23.5 Å². The van der Waals surface area contributed by atoms with Crippen LogP contribution in [0.5, 0.6) is 0 Å². The third-order valence-electron chi connectivity index (χ3n) is 4.30. The van der Waals surface area contributed by atoms with E-state index in [4.69, 9.17) is 0 Å². The Balaban J connectivity index is 1.77. The van der Waals surface area contributed by atoms with Gasteiger partial charge in [0.05, 0.1) is 6.10 Å². The van der Waals surface area contributed by atoms with Gasteiger partial charge in [0.25, 0.3) is 0 Å². The Hall–Kier alpha value is -0.760. The Morgan fingerprint density at radius 3 is 2.74 bits per heavy atom. The van der Waals surface area contributed by atoms with Crippen LogP contribution in [0.15, 0.2) is 12.4 Å². The summed E-state index contributed by atoms with van der Waals surface area (Å²) in [5, 5.41) is 10.1. The lowest BCUT2D eigenvalue weighted by Gasteiger charge is -2.06. The zero-order valence-electron chi connectivity index (χ0n) is 12.4. The van der Waals surface area contributed by atoms with Crippen LogP contribution < -0.4 is 0 Å². The van der Waals surface area contributed by atoms with Crippen molar-refractivity contribution in [1.29, 1.82) is 0 Å². The summed E-state index contributed by atoms with van der Waals surface area (Å²) < 4.78 is 2.30. The van der Waals surface area contributed by atoms with Crippen molar-refractivity contribution in [3.63, 3.8) is 0 Å². The third kappa shape index (κ3) is 4.38. The molecule has 0 saturated carbocycles. The van der Waals surface area contributed by atoms with Crippen LogP contribution in [-0.2, 0) is 13.0 Å². The van der Waals surface area contributed by atoms with Crippen LogP contribution >= 0.6 is 0 Å². The van der Waals surface area contributed by atoms with E-state index in [1.807, 2.05) is 0 Å². The maximum Gasteiger partial charge on any atom is 0.0807 e. The molecule has 1 N–H and O–H groups in total. The molecule has 0 amide bonds. The number of nitrogens with zero attached hydrogens (tertiary/aromatic N) is 1. The summed E-state index contributed by atoms with van der Waals surface area (Å²) in [6.07, 6.45) is 16.8. The van der Waals surface area contributed by atoms with Crippen molar-refractivity contribution in [2.24, 2.45) is 0 Å². The predicted molar refractivity (Wildman–Crippen MR) is 80.3 cm³/mol. The average molecular weight is 263 g/mol. The lowest BCUT2D eigenvalue weighted by molar-refractivity contribution is 0.166. The fraction of sp³-hybridized carbons (Fsp3) is 0.765. The van der Waals surface area contributed by atoms with Crippen LogP contribution in [0.3, 0.4) is 0 Å². The topological polar surface area (TPSA) is 25.2 Å². The first-order valence-electron chi connectivity index (χ1n) is 8.18. The molecule has 0 aromatic carbocycles. The van der Waals surface area contributed by atoms with Gasteiger partial charge >= 0.3 is 0 Å². The van der Waals surface area contributed by atoms with Gasteiger partial charge in [-0.2, -0.15) is 0 Å². The lowest BCUT2D eigenvalue weighted by Crippen LogP contribution is -1.97. The highest BCUT2D eigenvalue weighted by molar-refractivity contribution is 5.27. The van der Waals surface area contributed by atoms with Crippen molar-refractivity contribution >= 4 is 0 Å². The molecule has 2 nitrogen and oxygen atoms in total. The minimum atomic E-state index is -0.219. The first-order valence-corrected chi connectivity index (χ1v) is 8.18. The minimum absolute atomic E-state index is 0.219. The van der Waals surface area contributed by atoms with Gasteiger partial charge in [-0.25, -0.2) is 0 Å². The lowest BCUT2D eigenvalue weighted by atomic mass is 10.1. The summed E-state index contributed by atoms with van der Waals surface area (Å²) in [4.78, 5) is 0. The van der Waals surface area contributed by atoms with Crippen LogP contribution in [0.1, 0.15) is 81.9 Å². The molecule has 0 radical (unpaired) electrons. The van der Waals surface area contributed by atoms with Crippen LogP contribution in [0, 0.1) is 0 Å². The molecule has 2 heteroatoms. The number of hydrogen-bond donors (Lipinski definition) is 1. The normalized spacial score (nSPS) is 19.2. The van der Waals surface area contributed by atoms with Crippen LogP contribution in [0.2, 0.25) is 0 Å². The number of unbranched alkanes of at least 4 members (excludes halogenated alkanes) is 5. The second-order valence-electron chi connectivity index (χ2n) is 6.01. The summed E-state index contributed by atoms with van der Waals surface area (Å²) >= 11 is 0. The summed E-state index contributed by atoms with van der Waals surface area (Å²) in [7, 11) is 0. The van der Waals surface area contributed by atoms with Crippen molar-refractivity contribution in [3.8, 4) is 0 Å². The van der Waals surface area contributed by atoms with E-state index >= 15 is 0 Å². The van der Waals surface area contributed by atoms with Crippen molar-refractivity contribution < 1.29 is 5.11 Å². The van der Waals surface area contributed by atoms with Gasteiger partial charge in [-0.3, -0.25) is 0 Å². The van der Waals surface area contributed by atoms with E-state index < -0.39 is 0 Å². The molecule has 19 heavy (non-hydrogen) atoms. The van der Waals surface area contributed by atoms with E-state index in [0.717, 1.165) is 25.8 Å². The van der Waals surface area contributed by atoms with Crippen molar-refractivity contribution in [1.82, 2.24) is 4.57 Å².